The molecular weight excluding hydrogens is 228 g/mol. The standard InChI is InChI=1S/C12H12N6/c1-2-18-8-9(7-13-18)14-12-15-10-5-3-4-6-11(10)16-17-12/h3-8H,2H2,1H3,(H,14,15,17). The minimum absolute atomic E-state index is 0.476. The Kier molecular flexibility index (Phi) is 2.60. The number of aryl methyl sites for hydroxylation is 1. The van der Waals surface area contributed by atoms with E-state index in [1.54, 1.807) is 6.20 Å². The maximum absolute atomic E-state index is 4.38. The number of hydrogen-bond donors (Lipinski definition) is 1. The smallest absolute Gasteiger partial charge is 0.247 e. The summed E-state index contributed by atoms with van der Waals surface area (Å²) in [4.78, 5) is 4.38. The number of fused-ring (bicyclic) bond motifs is 1. The van der Waals surface area contributed by atoms with E-state index in [2.05, 4.69) is 25.6 Å². The van der Waals surface area contributed by atoms with Crippen LogP contribution < -0.4 is 5.32 Å². The predicted molar refractivity (Wildman–Crippen MR) is 68.5 cm³/mol. The van der Waals surface area contributed by atoms with Crippen LogP contribution in [0.5, 0.6) is 0 Å². The van der Waals surface area contributed by atoms with Crippen LogP contribution >= 0.6 is 0 Å². The molecule has 0 unspecified atom stereocenters. The highest BCUT2D eigenvalue weighted by molar-refractivity contribution is 5.74. The Morgan fingerprint density at radius 1 is 1.17 bits per heavy atom. The van der Waals surface area contributed by atoms with Crippen LogP contribution in [0.4, 0.5) is 11.6 Å². The van der Waals surface area contributed by atoms with E-state index >= 15 is 0 Å². The molecule has 1 aromatic carbocycles. The molecule has 0 aliphatic rings. The lowest BCUT2D eigenvalue weighted by molar-refractivity contribution is 0.660. The molecule has 18 heavy (non-hydrogen) atoms. The van der Waals surface area contributed by atoms with Crippen LogP contribution in [0, 0.1) is 0 Å². The molecule has 3 aromatic rings. The van der Waals surface area contributed by atoms with Gasteiger partial charge in [-0.3, -0.25) is 4.68 Å². The van der Waals surface area contributed by atoms with Crippen molar-refractivity contribution >= 4 is 22.7 Å². The molecule has 2 heterocycles. The number of nitrogens with zero attached hydrogens (tertiary/aromatic N) is 5. The van der Waals surface area contributed by atoms with Crippen molar-refractivity contribution in [3.8, 4) is 0 Å². The molecule has 0 amide bonds. The van der Waals surface area contributed by atoms with E-state index in [1.165, 1.54) is 0 Å². The normalized spacial score (nSPS) is 10.7. The van der Waals surface area contributed by atoms with E-state index in [9.17, 15) is 0 Å². The molecule has 0 aliphatic heterocycles. The maximum Gasteiger partial charge on any atom is 0.247 e. The number of nitrogens with one attached hydrogen (secondary N) is 1. The summed E-state index contributed by atoms with van der Waals surface area (Å²) >= 11 is 0. The average Bonchev–Trinajstić information content (AvgIpc) is 2.86. The van der Waals surface area contributed by atoms with Crippen molar-refractivity contribution in [2.24, 2.45) is 0 Å². The highest BCUT2D eigenvalue weighted by Gasteiger charge is 2.03. The van der Waals surface area contributed by atoms with Gasteiger partial charge in [0.15, 0.2) is 0 Å². The van der Waals surface area contributed by atoms with Crippen molar-refractivity contribution in [2.45, 2.75) is 13.5 Å². The molecule has 1 N–H and O–H groups in total. The lowest BCUT2D eigenvalue weighted by atomic mass is 10.3. The van der Waals surface area contributed by atoms with E-state index in [1.807, 2.05) is 42.1 Å². The van der Waals surface area contributed by atoms with Gasteiger partial charge in [0.05, 0.1) is 17.4 Å². The van der Waals surface area contributed by atoms with Crippen LogP contribution in [0.3, 0.4) is 0 Å². The molecule has 0 bridgehead atoms. The molecule has 0 radical (unpaired) electrons. The van der Waals surface area contributed by atoms with Gasteiger partial charge in [0.2, 0.25) is 5.95 Å². The Morgan fingerprint density at radius 2 is 2.00 bits per heavy atom. The highest BCUT2D eigenvalue weighted by atomic mass is 15.3. The molecule has 90 valence electrons. The molecule has 2 aromatic heterocycles. The molecule has 0 fully saturated rings. The molecule has 6 heteroatoms. The van der Waals surface area contributed by atoms with Gasteiger partial charge in [0, 0.05) is 12.7 Å². The first-order chi connectivity index (χ1) is 8.85. The quantitative estimate of drug-likeness (QED) is 0.758. The third-order valence-corrected chi connectivity index (χ3v) is 2.57. The second-order valence-corrected chi connectivity index (χ2v) is 3.83. The first kappa shape index (κ1) is 10.6. The number of benzene rings is 1. The summed E-state index contributed by atoms with van der Waals surface area (Å²) < 4.78 is 1.83. The van der Waals surface area contributed by atoms with Crippen molar-refractivity contribution in [3.63, 3.8) is 0 Å². The largest absolute Gasteiger partial charge is 0.320 e. The maximum atomic E-state index is 4.38. The van der Waals surface area contributed by atoms with Gasteiger partial charge in [-0.25, -0.2) is 4.98 Å². The average molecular weight is 240 g/mol. The van der Waals surface area contributed by atoms with Gasteiger partial charge in [0.25, 0.3) is 0 Å². The van der Waals surface area contributed by atoms with E-state index < -0.39 is 0 Å². The van der Waals surface area contributed by atoms with E-state index in [4.69, 9.17) is 0 Å². The van der Waals surface area contributed by atoms with Crippen LogP contribution in [-0.4, -0.2) is 25.0 Å². The van der Waals surface area contributed by atoms with Crippen LogP contribution in [0.15, 0.2) is 36.7 Å². The fourth-order valence-corrected chi connectivity index (χ4v) is 1.66. The van der Waals surface area contributed by atoms with E-state index in [-0.39, 0.29) is 0 Å². The first-order valence-electron chi connectivity index (χ1n) is 5.74. The minimum Gasteiger partial charge on any atom is -0.320 e. The molecule has 0 atom stereocenters. The molecular formula is C12H12N6. The SMILES string of the molecule is CCn1cc(Nc2nnc3ccccc3n2)cn1. The predicted octanol–water partition coefficient (Wildman–Crippen LogP) is 1.98. The molecule has 0 spiro atoms. The summed E-state index contributed by atoms with van der Waals surface area (Å²) in [5, 5.41) is 15.4. The second-order valence-electron chi connectivity index (χ2n) is 3.83. The number of para-hydroxylation sites is 1. The summed E-state index contributed by atoms with van der Waals surface area (Å²) in [5.41, 5.74) is 2.46. The van der Waals surface area contributed by atoms with Crippen molar-refractivity contribution < 1.29 is 0 Å². The minimum atomic E-state index is 0.476. The zero-order valence-corrected chi connectivity index (χ0v) is 9.91. The van der Waals surface area contributed by atoms with Crippen LogP contribution in [-0.2, 0) is 6.54 Å². The Morgan fingerprint density at radius 3 is 2.78 bits per heavy atom. The zero-order chi connectivity index (χ0) is 12.4. The zero-order valence-electron chi connectivity index (χ0n) is 9.91. The fourth-order valence-electron chi connectivity index (χ4n) is 1.66. The summed E-state index contributed by atoms with van der Waals surface area (Å²) in [6.45, 7) is 2.86. The topological polar surface area (TPSA) is 68.5 Å². The number of rotatable bonds is 3. The van der Waals surface area contributed by atoms with E-state index in [0.29, 0.717) is 5.95 Å². The van der Waals surface area contributed by atoms with Crippen LogP contribution in [0.2, 0.25) is 0 Å². The number of aromatic nitrogens is 5. The van der Waals surface area contributed by atoms with Crippen molar-refractivity contribution in [3.05, 3.63) is 36.7 Å². The molecule has 0 saturated heterocycles. The van der Waals surface area contributed by atoms with Gasteiger partial charge in [-0.15, -0.1) is 10.2 Å². The van der Waals surface area contributed by atoms with Gasteiger partial charge >= 0.3 is 0 Å². The summed E-state index contributed by atoms with van der Waals surface area (Å²) in [7, 11) is 0. The summed E-state index contributed by atoms with van der Waals surface area (Å²) in [6.07, 6.45) is 3.64. The molecule has 0 saturated carbocycles. The highest BCUT2D eigenvalue weighted by Crippen LogP contribution is 2.13. The van der Waals surface area contributed by atoms with Gasteiger partial charge < -0.3 is 5.32 Å². The summed E-state index contributed by atoms with van der Waals surface area (Å²) in [5.74, 6) is 0.476. The number of anilines is 2. The third-order valence-electron chi connectivity index (χ3n) is 2.57. The Bertz CT molecular complexity index is 675. The van der Waals surface area contributed by atoms with Crippen LogP contribution in [0.1, 0.15) is 6.92 Å². The van der Waals surface area contributed by atoms with E-state index in [0.717, 1.165) is 23.3 Å². The van der Waals surface area contributed by atoms with Crippen LogP contribution in [0.25, 0.3) is 11.0 Å². The lowest BCUT2D eigenvalue weighted by Gasteiger charge is -2.01. The first-order valence-corrected chi connectivity index (χ1v) is 5.74. The monoisotopic (exact) mass is 240 g/mol. The fraction of sp³-hybridized carbons (Fsp3) is 0.167. The Labute approximate surface area is 104 Å². The van der Waals surface area contributed by atoms with Gasteiger partial charge in [-0.05, 0) is 19.1 Å². The van der Waals surface area contributed by atoms with Crippen molar-refractivity contribution in [1.82, 2.24) is 25.0 Å². The van der Waals surface area contributed by atoms with Gasteiger partial charge in [0.1, 0.15) is 5.52 Å². The van der Waals surface area contributed by atoms with Crippen molar-refractivity contribution in [1.29, 1.82) is 0 Å². The number of hydrogen-bond acceptors (Lipinski definition) is 5. The lowest BCUT2D eigenvalue weighted by Crippen LogP contribution is -1.99. The second kappa shape index (κ2) is 4.40. The third kappa shape index (κ3) is 2.00. The van der Waals surface area contributed by atoms with Gasteiger partial charge in [-0.2, -0.15) is 5.10 Å². The van der Waals surface area contributed by atoms with Crippen molar-refractivity contribution in [2.75, 3.05) is 5.32 Å². The molecule has 3 rings (SSSR count). The Balaban J connectivity index is 1.90. The molecule has 6 nitrogen and oxygen atoms in total. The molecule has 0 aliphatic carbocycles. The van der Waals surface area contributed by atoms with Gasteiger partial charge in [-0.1, -0.05) is 12.1 Å². The summed E-state index contributed by atoms with van der Waals surface area (Å²) in [6, 6.07) is 7.63. The Hall–Kier alpha value is -2.50.